The molecule has 174 valence electrons. The highest BCUT2D eigenvalue weighted by Gasteiger charge is 2.32. The van der Waals surface area contributed by atoms with E-state index in [0.29, 0.717) is 5.69 Å². The van der Waals surface area contributed by atoms with E-state index in [2.05, 4.69) is 5.16 Å². The van der Waals surface area contributed by atoms with E-state index in [9.17, 15) is 18.5 Å². The van der Waals surface area contributed by atoms with Crippen LogP contribution < -0.4 is 9.04 Å². The van der Waals surface area contributed by atoms with Crippen molar-refractivity contribution in [2.75, 3.05) is 11.4 Å². The maximum atomic E-state index is 13.8. The largest absolute Gasteiger partial charge is 0.495 e. The lowest BCUT2D eigenvalue weighted by molar-refractivity contribution is -0.385. The quantitative estimate of drug-likeness (QED) is 0.238. The van der Waals surface area contributed by atoms with Crippen molar-refractivity contribution < 1.29 is 22.6 Å². The van der Waals surface area contributed by atoms with Gasteiger partial charge in [0, 0.05) is 23.8 Å². The molecule has 9 nitrogen and oxygen atoms in total. The van der Waals surface area contributed by atoms with Crippen LogP contribution in [0.5, 0.6) is 5.75 Å². The van der Waals surface area contributed by atoms with Crippen LogP contribution in [0.25, 0.3) is 11.3 Å². The van der Waals surface area contributed by atoms with E-state index in [1.54, 1.807) is 30.3 Å². The molecule has 0 aliphatic rings. The van der Waals surface area contributed by atoms with Crippen molar-refractivity contribution in [2.24, 2.45) is 0 Å². The molecule has 0 saturated heterocycles. The number of nitrogens with zero attached hydrogens (tertiary/aromatic N) is 3. The molecule has 34 heavy (non-hydrogen) atoms. The van der Waals surface area contributed by atoms with Gasteiger partial charge in [0.15, 0.2) is 5.76 Å². The van der Waals surface area contributed by atoms with E-state index >= 15 is 0 Å². The Hall–Kier alpha value is -3.89. The highest BCUT2D eigenvalue weighted by Crippen LogP contribution is 2.37. The zero-order valence-corrected chi connectivity index (χ0v) is 19.4. The molecule has 0 fully saturated rings. The van der Waals surface area contributed by atoms with Gasteiger partial charge in [-0.3, -0.25) is 14.4 Å². The van der Waals surface area contributed by atoms with Crippen LogP contribution in [-0.4, -0.2) is 25.6 Å². The number of non-ortho nitro benzene ring substituents is 1. The zero-order chi connectivity index (χ0) is 24.3. The Bertz CT molecular complexity index is 1440. The molecule has 0 amide bonds. The summed E-state index contributed by atoms with van der Waals surface area (Å²) in [5.74, 6) is 0.519. The SMILES string of the molecule is COc1ccccc1N(Cc1cc(-c2ccccc2)no1)S(=O)(=O)c1cc([N+](=O)[O-])ccc1Cl. The molecular weight excluding hydrogens is 482 g/mol. The third-order valence-corrected chi connectivity index (χ3v) is 7.22. The first-order chi connectivity index (χ1) is 16.3. The van der Waals surface area contributed by atoms with Crippen LogP contribution in [0.15, 0.2) is 88.3 Å². The Labute approximate surface area is 200 Å². The Balaban J connectivity index is 1.82. The van der Waals surface area contributed by atoms with E-state index < -0.39 is 25.5 Å². The fraction of sp³-hybridized carbons (Fsp3) is 0.0870. The second-order valence-corrected chi connectivity index (χ2v) is 9.34. The first kappa shape index (κ1) is 23.3. The third kappa shape index (κ3) is 4.59. The van der Waals surface area contributed by atoms with Crippen LogP contribution in [0, 0.1) is 10.1 Å². The summed E-state index contributed by atoms with van der Waals surface area (Å²) in [6, 6.07) is 20.6. The summed E-state index contributed by atoms with van der Waals surface area (Å²) in [5.41, 5.74) is 1.12. The van der Waals surface area contributed by atoms with E-state index in [1.165, 1.54) is 13.2 Å². The molecule has 1 aromatic heterocycles. The molecule has 0 spiro atoms. The molecule has 0 radical (unpaired) electrons. The van der Waals surface area contributed by atoms with Crippen molar-refractivity contribution in [1.82, 2.24) is 5.16 Å². The second-order valence-electron chi connectivity index (χ2n) is 7.10. The Kier molecular flexibility index (Phi) is 6.53. The maximum Gasteiger partial charge on any atom is 0.270 e. The Morgan fingerprint density at radius 3 is 2.47 bits per heavy atom. The van der Waals surface area contributed by atoms with Crippen LogP contribution in [0.4, 0.5) is 11.4 Å². The lowest BCUT2D eigenvalue weighted by Crippen LogP contribution is -2.31. The summed E-state index contributed by atoms with van der Waals surface area (Å²) in [7, 11) is -2.99. The number of hydrogen-bond acceptors (Lipinski definition) is 7. The molecule has 0 N–H and O–H groups in total. The van der Waals surface area contributed by atoms with Gasteiger partial charge in [-0.15, -0.1) is 0 Å². The van der Waals surface area contributed by atoms with Crippen molar-refractivity contribution in [2.45, 2.75) is 11.4 Å². The number of rotatable bonds is 8. The van der Waals surface area contributed by atoms with E-state index in [1.807, 2.05) is 30.3 Å². The smallest absolute Gasteiger partial charge is 0.270 e. The Morgan fingerprint density at radius 1 is 1.06 bits per heavy atom. The maximum absolute atomic E-state index is 13.8. The third-order valence-electron chi connectivity index (χ3n) is 4.98. The van der Waals surface area contributed by atoms with Crippen molar-refractivity contribution >= 4 is 33.0 Å². The number of benzene rings is 3. The second kappa shape index (κ2) is 9.54. The molecule has 4 aromatic rings. The number of ether oxygens (including phenoxy) is 1. The highest BCUT2D eigenvalue weighted by molar-refractivity contribution is 7.93. The van der Waals surface area contributed by atoms with Crippen LogP contribution in [0.2, 0.25) is 5.02 Å². The average molecular weight is 500 g/mol. The molecule has 11 heteroatoms. The predicted octanol–water partition coefficient (Wildman–Crippen LogP) is 5.31. The molecule has 0 bridgehead atoms. The number of aromatic nitrogens is 1. The number of halogens is 1. The minimum absolute atomic E-state index is 0.159. The summed E-state index contributed by atoms with van der Waals surface area (Å²) in [6.45, 7) is -0.262. The van der Waals surface area contributed by atoms with Gasteiger partial charge < -0.3 is 9.26 Å². The zero-order valence-electron chi connectivity index (χ0n) is 17.8. The fourth-order valence-electron chi connectivity index (χ4n) is 3.33. The van der Waals surface area contributed by atoms with Crippen LogP contribution in [0.1, 0.15) is 5.76 Å². The van der Waals surface area contributed by atoms with Crippen molar-refractivity contribution in [1.29, 1.82) is 0 Å². The van der Waals surface area contributed by atoms with Gasteiger partial charge in [-0.1, -0.05) is 59.2 Å². The van der Waals surface area contributed by atoms with Gasteiger partial charge >= 0.3 is 0 Å². The molecule has 0 saturated carbocycles. The first-order valence-corrected chi connectivity index (χ1v) is 11.7. The molecule has 3 aromatic carbocycles. The number of hydrogen-bond donors (Lipinski definition) is 0. The van der Waals surface area contributed by atoms with E-state index in [4.69, 9.17) is 20.9 Å². The van der Waals surface area contributed by atoms with Crippen molar-refractivity contribution in [3.8, 4) is 17.0 Å². The van der Waals surface area contributed by atoms with E-state index in [-0.39, 0.29) is 28.8 Å². The molecular formula is C23H18ClN3O6S. The van der Waals surface area contributed by atoms with Gasteiger partial charge in [-0.2, -0.15) is 0 Å². The van der Waals surface area contributed by atoms with Crippen molar-refractivity contribution in [3.05, 3.63) is 99.8 Å². The molecule has 0 unspecified atom stereocenters. The molecule has 4 rings (SSSR count). The lowest BCUT2D eigenvalue weighted by Gasteiger charge is -2.25. The minimum atomic E-state index is -4.40. The molecule has 1 heterocycles. The topological polar surface area (TPSA) is 116 Å². The summed E-state index contributed by atoms with van der Waals surface area (Å²) in [4.78, 5) is 10.2. The summed E-state index contributed by atoms with van der Waals surface area (Å²) in [5, 5.41) is 15.2. The first-order valence-electron chi connectivity index (χ1n) is 9.92. The summed E-state index contributed by atoms with van der Waals surface area (Å²) >= 11 is 6.18. The molecule has 0 atom stereocenters. The van der Waals surface area contributed by atoms with Crippen LogP contribution in [0.3, 0.4) is 0 Å². The Morgan fingerprint density at radius 2 is 1.76 bits per heavy atom. The minimum Gasteiger partial charge on any atom is -0.495 e. The number of para-hydroxylation sites is 2. The monoisotopic (exact) mass is 499 g/mol. The number of anilines is 1. The van der Waals surface area contributed by atoms with Crippen LogP contribution >= 0.6 is 11.6 Å². The summed E-state index contributed by atoms with van der Waals surface area (Å²) < 4.78 is 39.4. The highest BCUT2D eigenvalue weighted by atomic mass is 35.5. The molecule has 0 aliphatic heterocycles. The average Bonchev–Trinajstić information content (AvgIpc) is 3.32. The van der Waals surface area contributed by atoms with Gasteiger partial charge in [0.2, 0.25) is 0 Å². The van der Waals surface area contributed by atoms with Gasteiger partial charge in [0.1, 0.15) is 16.3 Å². The van der Waals surface area contributed by atoms with Gasteiger partial charge in [0.25, 0.3) is 15.7 Å². The normalized spacial score (nSPS) is 11.2. The van der Waals surface area contributed by atoms with Crippen molar-refractivity contribution in [3.63, 3.8) is 0 Å². The summed E-state index contributed by atoms with van der Waals surface area (Å²) in [6.07, 6.45) is 0. The number of nitro benzene ring substituents is 1. The predicted molar refractivity (Wildman–Crippen MR) is 126 cm³/mol. The standard InChI is InChI=1S/C23H18ClN3O6S/c1-32-22-10-6-5-9-21(22)26(15-18-14-20(25-33-18)16-7-3-2-4-8-16)34(30,31)23-13-17(27(28)29)11-12-19(23)24/h2-14H,15H2,1H3. The molecule has 0 aliphatic carbocycles. The van der Waals surface area contributed by atoms with Gasteiger partial charge in [-0.25, -0.2) is 8.42 Å². The van der Waals surface area contributed by atoms with Gasteiger partial charge in [0.05, 0.1) is 29.3 Å². The number of nitro groups is 1. The van der Waals surface area contributed by atoms with E-state index in [0.717, 1.165) is 22.0 Å². The number of sulfonamides is 1. The van der Waals surface area contributed by atoms with Gasteiger partial charge in [-0.05, 0) is 18.2 Å². The lowest BCUT2D eigenvalue weighted by atomic mass is 10.1. The number of methoxy groups -OCH3 is 1. The fourth-order valence-corrected chi connectivity index (χ4v) is 5.27. The van der Waals surface area contributed by atoms with Crippen LogP contribution in [-0.2, 0) is 16.6 Å².